The minimum atomic E-state index is -0.706. The van der Waals surface area contributed by atoms with Crippen molar-refractivity contribution in [3.05, 3.63) is 45.4 Å². The van der Waals surface area contributed by atoms with E-state index >= 15 is 0 Å². The second-order valence-corrected chi connectivity index (χ2v) is 6.91. The van der Waals surface area contributed by atoms with Crippen molar-refractivity contribution in [2.24, 2.45) is 5.92 Å². The van der Waals surface area contributed by atoms with Gasteiger partial charge in [-0.3, -0.25) is 9.69 Å². The standard InChI is InChI=1S/C16H17ClN2O3S/c17-12-1-3-14(4-2-12)22-9-15-18-13(10-23-15)8-19-6-5-11(7-19)16(20)21/h1-4,10-11H,5-9H2,(H,20,21). The molecular weight excluding hydrogens is 336 g/mol. The van der Waals surface area contributed by atoms with E-state index in [4.69, 9.17) is 21.4 Å². The summed E-state index contributed by atoms with van der Waals surface area (Å²) in [6.07, 6.45) is 0.714. The van der Waals surface area contributed by atoms with Gasteiger partial charge in [-0.25, -0.2) is 4.98 Å². The summed E-state index contributed by atoms with van der Waals surface area (Å²) in [6.45, 7) is 2.53. The molecule has 3 rings (SSSR count). The van der Waals surface area contributed by atoms with Crippen LogP contribution in [-0.2, 0) is 17.9 Å². The highest BCUT2D eigenvalue weighted by Crippen LogP contribution is 2.21. The number of hydrogen-bond acceptors (Lipinski definition) is 5. The van der Waals surface area contributed by atoms with Crippen molar-refractivity contribution in [2.45, 2.75) is 19.6 Å². The van der Waals surface area contributed by atoms with Crippen molar-refractivity contribution in [1.82, 2.24) is 9.88 Å². The highest BCUT2D eigenvalue weighted by atomic mass is 35.5. The Bertz CT molecular complexity index is 674. The summed E-state index contributed by atoms with van der Waals surface area (Å²) in [7, 11) is 0. The van der Waals surface area contributed by atoms with E-state index in [2.05, 4.69) is 9.88 Å². The topological polar surface area (TPSA) is 62.7 Å². The quantitative estimate of drug-likeness (QED) is 0.864. The molecule has 1 N–H and O–H groups in total. The van der Waals surface area contributed by atoms with Crippen LogP contribution in [0, 0.1) is 5.92 Å². The zero-order valence-corrected chi connectivity index (χ0v) is 14.0. The summed E-state index contributed by atoms with van der Waals surface area (Å²) >= 11 is 7.39. The maximum Gasteiger partial charge on any atom is 0.307 e. The Hall–Kier alpha value is -1.63. The average molecular weight is 353 g/mol. The number of carboxylic acids is 1. The predicted molar refractivity (Wildman–Crippen MR) is 88.9 cm³/mol. The van der Waals surface area contributed by atoms with Crippen molar-refractivity contribution in [3.63, 3.8) is 0 Å². The van der Waals surface area contributed by atoms with E-state index < -0.39 is 5.97 Å². The van der Waals surface area contributed by atoms with Gasteiger partial charge < -0.3 is 9.84 Å². The van der Waals surface area contributed by atoms with Gasteiger partial charge in [0, 0.05) is 23.5 Å². The van der Waals surface area contributed by atoms with Crippen LogP contribution in [0.25, 0.3) is 0 Å². The fourth-order valence-electron chi connectivity index (χ4n) is 2.57. The summed E-state index contributed by atoms with van der Waals surface area (Å²) in [6, 6.07) is 7.23. The molecule has 0 amide bonds. The van der Waals surface area contributed by atoms with Gasteiger partial charge in [0.15, 0.2) is 0 Å². The molecule has 0 bridgehead atoms. The van der Waals surface area contributed by atoms with E-state index in [1.54, 1.807) is 23.5 Å². The number of aromatic nitrogens is 1. The second kappa shape index (κ2) is 7.29. The van der Waals surface area contributed by atoms with Gasteiger partial charge in [0.25, 0.3) is 0 Å². The normalized spacial score (nSPS) is 18.2. The summed E-state index contributed by atoms with van der Waals surface area (Å²) in [5.41, 5.74) is 0.968. The van der Waals surface area contributed by atoms with Gasteiger partial charge in [-0.15, -0.1) is 11.3 Å². The summed E-state index contributed by atoms with van der Waals surface area (Å²) in [5, 5.41) is 12.6. The third-order valence-electron chi connectivity index (χ3n) is 3.78. The summed E-state index contributed by atoms with van der Waals surface area (Å²) in [5.74, 6) is -0.195. The van der Waals surface area contributed by atoms with Gasteiger partial charge >= 0.3 is 5.97 Å². The molecule has 0 radical (unpaired) electrons. The van der Waals surface area contributed by atoms with Crippen molar-refractivity contribution in [2.75, 3.05) is 13.1 Å². The van der Waals surface area contributed by atoms with Crippen LogP contribution < -0.4 is 4.74 Å². The fraction of sp³-hybridized carbons (Fsp3) is 0.375. The lowest BCUT2D eigenvalue weighted by Crippen LogP contribution is -2.23. The van der Waals surface area contributed by atoms with E-state index in [0.717, 1.165) is 23.0 Å². The molecule has 1 unspecified atom stereocenters. The first kappa shape index (κ1) is 16.2. The Morgan fingerprint density at radius 2 is 2.22 bits per heavy atom. The molecule has 1 saturated heterocycles. The van der Waals surface area contributed by atoms with Gasteiger partial charge in [0.05, 0.1) is 11.6 Å². The molecule has 5 nitrogen and oxygen atoms in total. The minimum Gasteiger partial charge on any atom is -0.486 e. The number of thiazole rings is 1. The van der Waals surface area contributed by atoms with E-state index in [-0.39, 0.29) is 5.92 Å². The molecule has 1 atom stereocenters. The Morgan fingerprint density at radius 1 is 1.43 bits per heavy atom. The highest BCUT2D eigenvalue weighted by molar-refractivity contribution is 7.09. The monoisotopic (exact) mass is 352 g/mol. The van der Waals surface area contributed by atoms with Crippen LogP contribution in [0.15, 0.2) is 29.6 Å². The number of carboxylic acid groups (broad SMARTS) is 1. The van der Waals surface area contributed by atoms with Crippen LogP contribution in [0.4, 0.5) is 0 Å². The van der Waals surface area contributed by atoms with Crippen molar-refractivity contribution < 1.29 is 14.6 Å². The minimum absolute atomic E-state index is 0.249. The molecule has 1 aromatic carbocycles. The van der Waals surface area contributed by atoms with Crippen LogP contribution in [0.1, 0.15) is 17.1 Å². The van der Waals surface area contributed by atoms with Crippen molar-refractivity contribution in [1.29, 1.82) is 0 Å². The molecule has 0 saturated carbocycles. The third-order valence-corrected chi connectivity index (χ3v) is 4.91. The average Bonchev–Trinajstić information content (AvgIpc) is 3.17. The van der Waals surface area contributed by atoms with Crippen LogP contribution in [-0.4, -0.2) is 34.0 Å². The third kappa shape index (κ3) is 4.43. The van der Waals surface area contributed by atoms with Gasteiger partial charge in [-0.2, -0.15) is 0 Å². The molecule has 1 aliphatic rings. The Labute approximate surface area is 143 Å². The lowest BCUT2D eigenvalue weighted by Gasteiger charge is -2.12. The lowest BCUT2D eigenvalue weighted by molar-refractivity contribution is -0.141. The highest BCUT2D eigenvalue weighted by Gasteiger charge is 2.28. The molecule has 0 spiro atoms. The first-order chi connectivity index (χ1) is 11.1. The van der Waals surface area contributed by atoms with Gasteiger partial charge in [-0.1, -0.05) is 11.6 Å². The molecule has 23 heavy (non-hydrogen) atoms. The van der Waals surface area contributed by atoms with E-state index in [1.807, 2.05) is 17.5 Å². The van der Waals surface area contributed by atoms with E-state index in [0.29, 0.717) is 31.1 Å². The van der Waals surface area contributed by atoms with Crippen molar-refractivity contribution in [3.8, 4) is 5.75 Å². The van der Waals surface area contributed by atoms with Crippen molar-refractivity contribution >= 4 is 28.9 Å². The number of halogens is 1. The van der Waals surface area contributed by atoms with Crippen LogP contribution in [0.2, 0.25) is 5.02 Å². The molecule has 2 heterocycles. The zero-order valence-electron chi connectivity index (χ0n) is 12.4. The van der Waals surface area contributed by atoms with Gasteiger partial charge in [0.1, 0.15) is 17.4 Å². The number of carbonyl (C=O) groups is 1. The van der Waals surface area contributed by atoms with Gasteiger partial charge in [0.2, 0.25) is 0 Å². The number of nitrogens with zero attached hydrogens (tertiary/aromatic N) is 2. The molecular formula is C16H17ClN2O3S. The molecule has 122 valence electrons. The molecule has 2 aromatic rings. The molecule has 0 aliphatic carbocycles. The van der Waals surface area contributed by atoms with Crippen LogP contribution >= 0.6 is 22.9 Å². The number of rotatable bonds is 6. The molecule has 7 heteroatoms. The van der Waals surface area contributed by atoms with E-state index in [1.165, 1.54) is 0 Å². The lowest BCUT2D eigenvalue weighted by atomic mass is 10.1. The zero-order chi connectivity index (χ0) is 16.2. The number of likely N-dealkylation sites (tertiary alicyclic amines) is 1. The smallest absolute Gasteiger partial charge is 0.307 e. The number of hydrogen-bond donors (Lipinski definition) is 1. The summed E-state index contributed by atoms with van der Waals surface area (Å²) < 4.78 is 5.68. The van der Waals surface area contributed by atoms with E-state index in [9.17, 15) is 4.79 Å². The number of benzene rings is 1. The largest absolute Gasteiger partial charge is 0.486 e. The molecule has 1 aromatic heterocycles. The first-order valence-corrected chi connectivity index (χ1v) is 8.63. The fourth-order valence-corrected chi connectivity index (χ4v) is 3.39. The first-order valence-electron chi connectivity index (χ1n) is 7.37. The number of ether oxygens (including phenoxy) is 1. The summed E-state index contributed by atoms with van der Waals surface area (Å²) in [4.78, 5) is 17.7. The maximum absolute atomic E-state index is 11.0. The van der Waals surface area contributed by atoms with Gasteiger partial charge in [-0.05, 0) is 37.2 Å². The second-order valence-electron chi connectivity index (χ2n) is 5.53. The van der Waals surface area contributed by atoms with Crippen LogP contribution in [0.3, 0.4) is 0 Å². The Balaban J connectivity index is 1.50. The Morgan fingerprint density at radius 3 is 2.91 bits per heavy atom. The SMILES string of the molecule is O=C(O)C1CCN(Cc2csc(COc3ccc(Cl)cc3)n2)C1. The Kier molecular flexibility index (Phi) is 5.15. The molecule has 1 fully saturated rings. The maximum atomic E-state index is 11.0. The number of aliphatic carboxylic acids is 1. The van der Waals surface area contributed by atoms with Crippen LogP contribution in [0.5, 0.6) is 5.75 Å². The predicted octanol–water partition coefficient (Wildman–Crippen LogP) is 3.28. The molecule has 1 aliphatic heterocycles.